The molecule has 0 radical (unpaired) electrons. The number of piperidine rings is 1. The maximum atomic E-state index is 12.3. The molecule has 2 aliphatic rings. The highest BCUT2D eigenvalue weighted by atomic mass is 16.5. The van der Waals surface area contributed by atoms with Crippen molar-refractivity contribution in [3.05, 3.63) is 11.6 Å². The molecule has 2 fully saturated rings. The standard InChI is InChI=1S/C16H28N6O2/c1-13-18-19-15(20(13)2)11-21-7-9-22(10-8-21)16(23)12-24-14-3-5-17-6-4-14/h14,17H,3-12H2,1-2H3. The predicted molar refractivity (Wildman–Crippen MR) is 89.4 cm³/mol. The summed E-state index contributed by atoms with van der Waals surface area (Å²) in [5.74, 6) is 2.01. The summed E-state index contributed by atoms with van der Waals surface area (Å²) in [5.41, 5.74) is 0. The maximum Gasteiger partial charge on any atom is 0.248 e. The molecule has 2 aliphatic heterocycles. The first-order valence-corrected chi connectivity index (χ1v) is 8.81. The van der Waals surface area contributed by atoms with Gasteiger partial charge in [-0.25, -0.2) is 0 Å². The van der Waals surface area contributed by atoms with E-state index in [0.29, 0.717) is 0 Å². The summed E-state index contributed by atoms with van der Waals surface area (Å²) in [5, 5.41) is 11.6. The van der Waals surface area contributed by atoms with Crippen molar-refractivity contribution in [1.29, 1.82) is 0 Å². The van der Waals surface area contributed by atoms with Crippen LogP contribution in [0.2, 0.25) is 0 Å². The van der Waals surface area contributed by atoms with E-state index in [0.717, 1.165) is 70.3 Å². The number of carbonyl (C=O) groups is 1. The minimum Gasteiger partial charge on any atom is -0.368 e. The quantitative estimate of drug-likeness (QED) is 0.784. The molecule has 1 aromatic heterocycles. The van der Waals surface area contributed by atoms with E-state index in [1.54, 1.807) is 0 Å². The number of amides is 1. The Morgan fingerprint density at radius 1 is 1.21 bits per heavy atom. The number of rotatable bonds is 5. The van der Waals surface area contributed by atoms with Crippen LogP contribution in [0.4, 0.5) is 0 Å². The van der Waals surface area contributed by atoms with Gasteiger partial charge in [0, 0.05) is 33.2 Å². The monoisotopic (exact) mass is 336 g/mol. The number of aromatic nitrogens is 3. The molecule has 1 aromatic rings. The lowest BCUT2D eigenvalue weighted by molar-refractivity contribution is -0.140. The normalized spacial score (nSPS) is 20.5. The highest BCUT2D eigenvalue weighted by molar-refractivity contribution is 5.77. The molecule has 8 nitrogen and oxygen atoms in total. The van der Waals surface area contributed by atoms with E-state index in [2.05, 4.69) is 20.4 Å². The molecular weight excluding hydrogens is 308 g/mol. The molecule has 0 aromatic carbocycles. The summed E-state index contributed by atoms with van der Waals surface area (Å²) in [4.78, 5) is 16.5. The Morgan fingerprint density at radius 2 is 1.92 bits per heavy atom. The second-order valence-corrected chi connectivity index (χ2v) is 6.64. The lowest BCUT2D eigenvalue weighted by atomic mass is 10.1. The van der Waals surface area contributed by atoms with Gasteiger partial charge >= 0.3 is 0 Å². The molecule has 3 heterocycles. The van der Waals surface area contributed by atoms with Crippen molar-refractivity contribution in [2.75, 3.05) is 45.9 Å². The number of nitrogens with zero attached hydrogens (tertiary/aromatic N) is 5. The van der Waals surface area contributed by atoms with Crippen LogP contribution in [-0.4, -0.2) is 82.5 Å². The van der Waals surface area contributed by atoms with Crippen LogP contribution in [0.25, 0.3) is 0 Å². The second kappa shape index (κ2) is 8.04. The minimum atomic E-state index is 0.114. The molecular formula is C16H28N6O2. The SMILES string of the molecule is Cc1nnc(CN2CCN(C(=O)COC3CCNCC3)CC2)n1C. The van der Waals surface area contributed by atoms with Crippen molar-refractivity contribution in [2.45, 2.75) is 32.4 Å². The van der Waals surface area contributed by atoms with Crippen molar-refractivity contribution < 1.29 is 9.53 Å². The zero-order valence-electron chi connectivity index (χ0n) is 14.7. The number of aryl methyl sites for hydroxylation is 1. The molecule has 0 spiro atoms. The largest absolute Gasteiger partial charge is 0.368 e. The molecule has 8 heteroatoms. The Balaban J connectivity index is 1.39. The summed E-state index contributed by atoms with van der Waals surface area (Å²) < 4.78 is 7.79. The van der Waals surface area contributed by atoms with Gasteiger partial charge in [0.25, 0.3) is 0 Å². The number of carbonyl (C=O) groups excluding carboxylic acids is 1. The first-order chi connectivity index (χ1) is 11.6. The summed E-state index contributed by atoms with van der Waals surface area (Å²) in [6.45, 7) is 8.16. The van der Waals surface area contributed by atoms with Crippen molar-refractivity contribution in [3.8, 4) is 0 Å². The van der Waals surface area contributed by atoms with E-state index in [9.17, 15) is 4.79 Å². The molecule has 0 unspecified atom stereocenters. The summed E-state index contributed by atoms with van der Waals surface area (Å²) in [7, 11) is 1.99. The molecule has 0 atom stereocenters. The van der Waals surface area contributed by atoms with Crippen LogP contribution in [0, 0.1) is 6.92 Å². The predicted octanol–water partition coefficient (Wildman–Crippen LogP) is -0.464. The molecule has 1 amide bonds. The summed E-state index contributed by atoms with van der Waals surface area (Å²) >= 11 is 0. The number of ether oxygens (including phenoxy) is 1. The van der Waals surface area contributed by atoms with E-state index in [-0.39, 0.29) is 18.6 Å². The van der Waals surface area contributed by atoms with Gasteiger partial charge in [-0.1, -0.05) is 0 Å². The van der Waals surface area contributed by atoms with Crippen LogP contribution < -0.4 is 5.32 Å². The Morgan fingerprint density at radius 3 is 2.54 bits per heavy atom. The van der Waals surface area contributed by atoms with Crippen molar-refractivity contribution in [2.24, 2.45) is 7.05 Å². The minimum absolute atomic E-state index is 0.114. The van der Waals surface area contributed by atoms with Crippen molar-refractivity contribution >= 4 is 5.91 Å². The van der Waals surface area contributed by atoms with Gasteiger partial charge in [0.15, 0.2) is 0 Å². The van der Waals surface area contributed by atoms with Crippen LogP contribution in [0.5, 0.6) is 0 Å². The fourth-order valence-corrected chi connectivity index (χ4v) is 3.19. The van der Waals surface area contributed by atoms with Crippen LogP contribution in [0.15, 0.2) is 0 Å². The second-order valence-electron chi connectivity index (χ2n) is 6.64. The smallest absolute Gasteiger partial charge is 0.248 e. The third-order valence-corrected chi connectivity index (χ3v) is 5.00. The topological polar surface area (TPSA) is 75.5 Å². The van der Waals surface area contributed by atoms with E-state index in [1.807, 2.05) is 23.4 Å². The van der Waals surface area contributed by atoms with E-state index in [4.69, 9.17) is 4.74 Å². The fraction of sp³-hybridized carbons (Fsp3) is 0.812. The molecule has 2 saturated heterocycles. The molecule has 0 saturated carbocycles. The number of nitrogens with one attached hydrogen (secondary N) is 1. The van der Waals surface area contributed by atoms with Crippen LogP contribution in [0.3, 0.4) is 0 Å². The number of hydrogen-bond acceptors (Lipinski definition) is 6. The Kier molecular flexibility index (Phi) is 5.80. The molecule has 24 heavy (non-hydrogen) atoms. The highest BCUT2D eigenvalue weighted by Crippen LogP contribution is 2.10. The zero-order chi connectivity index (χ0) is 16.9. The van der Waals surface area contributed by atoms with Crippen molar-refractivity contribution in [3.63, 3.8) is 0 Å². The molecule has 134 valence electrons. The van der Waals surface area contributed by atoms with Gasteiger partial charge in [0.05, 0.1) is 12.6 Å². The first-order valence-electron chi connectivity index (χ1n) is 8.81. The van der Waals surface area contributed by atoms with Gasteiger partial charge in [-0.15, -0.1) is 10.2 Å². The summed E-state index contributed by atoms with van der Waals surface area (Å²) in [6, 6.07) is 0. The van der Waals surface area contributed by atoms with Gasteiger partial charge in [0.1, 0.15) is 18.3 Å². The van der Waals surface area contributed by atoms with Crippen molar-refractivity contribution in [1.82, 2.24) is 29.9 Å². The van der Waals surface area contributed by atoms with E-state index in [1.165, 1.54) is 0 Å². The van der Waals surface area contributed by atoms with Gasteiger partial charge < -0.3 is 19.5 Å². The molecule has 3 rings (SSSR count). The number of hydrogen-bond donors (Lipinski definition) is 1. The Labute approximate surface area is 143 Å². The van der Waals surface area contributed by atoms with Gasteiger partial charge in [-0.3, -0.25) is 9.69 Å². The van der Waals surface area contributed by atoms with Gasteiger partial charge in [-0.2, -0.15) is 0 Å². The van der Waals surface area contributed by atoms with Gasteiger partial charge in [-0.05, 0) is 32.9 Å². The van der Waals surface area contributed by atoms with Crippen LogP contribution in [-0.2, 0) is 23.1 Å². The molecule has 0 bridgehead atoms. The third kappa shape index (κ3) is 4.31. The highest BCUT2D eigenvalue weighted by Gasteiger charge is 2.23. The third-order valence-electron chi connectivity index (χ3n) is 5.00. The maximum absolute atomic E-state index is 12.3. The van der Waals surface area contributed by atoms with Crippen LogP contribution >= 0.6 is 0 Å². The average molecular weight is 336 g/mol. The number of piperazine rings is 1. The molecule has 1 N–H and O–H groups in total. The fourth-order valence-electron chi connectivity index (χ4n) is 3.19. The average Bonchev–Trinajstić information content (AvgIpc) is 2.93. The summed E-state index contributed by atoms with van der Waals surface area (Å²) in [6.07, 6.45) is 2.23. The van der Waals surface area contributed by atoms with E-state index < -0.39 is 0 Å². The lowest BCUT2D eigenvalue weighted by Gasteiger charge is -2.34. The van der Waals surface area contributed by atoms with E-state index >= 15 is 0 Å². The Hall–Kier alpha value is -1.51. The zero-order valence-corrected chi connectivity index (χ0v) is 14.7. The van der Waals surface area contributed by atoms with Gasteiger partial charge in [0.2, 0.25) is 5.91 Å². The Bertz CT molecular complexity index is 547. The van der Waals surface area contributed by atoms with Crippen LogP contribution in [0.1, 0.15) is 24.5 Å². The molecule has 0 aliphatic carbocycles. The first kappa shape index (κ1) is 17.3. The lowest BCUT2D eigenvalue weighted by Crippen LogP contribution is -2.49.